The van der Waals surface area contributed by atoms with Gasteiger partial charge in [-0.25, -0.2) is 0 Å². The van der Waals surface area contributed by atoms with Crippen molar-refractivity contribution in [2.45, 2.75) is 24.4 Å². The third-order valence-corrected chi connectivity index (χ3v) is 3.48. The van der Waals surface area contributed by atoms with Gasteiger partial charge in [0, 0.05) is 0 Å². The number of benzene rings is 1. The highest BCUT2D eigenvalue weighted by atomic mass is 32.2. The van der Waals surface area contributed by atoms with Crippen molar-refractivity contribution < 1.29 is 25.8 Å². The molecule has 0 fully saturated rings. The Morgan fingerprint density at radius 1 is 1.35 bits per heavy atom. The van der Waals surface area contributed by atoms with Crippen LogP contribution in [0.4, 0.5) is 13.2 Å². The summed E-state index contributed by atoms with van der Waals surface area (Å²) in [7, 11) is -1.81. The van der Waals surface area contributed by atoms with E-state index in [4.69, 9.17) is 0 Å². The average Bonchev–Trinajstić information content (AvgIpc) is 2.26. The molecular formula is C10H10F3O3S. The van der Waals surface area contributed by atoms with Gasteiger partial charge >= 0.3 is 6.18 Å². The van der Waals surface area contributed by atoms with E-state index in [0.717, 1.165) is 6.07 Å². The zero-order valence-electron chi connectivity index (χ0n) is 8.91. The van der Waals surface area contributed by atoms with Crippen molar-refractivity contribution in [3.05, 3.63) is 36.4 Å². The highest BCUT2D eigenvalue weighted by Gasteiger charge is 2.38. The Kier molecular flexibility index (Phi) is 3.83. The van der Waals surface area contributed by atoms with E-state index in [-0.39, 0.29) is 12.0 Å². The monoisotopic (exact) mass is 267 g/mol. The summed E-state index contributed by atoms with van der Waals surface area (Å²) in [4.78, 5) is -0.856. The van der Waals surface area contributed by atoms with E-state index >= 15 is 0 Å². The van der Waals surface area contributed by atoms with E-state index in [1.54, 1.807) is 6.92 Å². The van der Waals surface area contributed by atoms with Crippen LogP contribution in [0.1, 0.15) is 18.1 Å². The zero-order chi connectivity index (χ0) is 13.3. The van der Waals surface area contributed by atoms with E-state index in [1.807, 2.05) is 0 Å². The molecule has 7 heteroatoms. The summed E-state index contributed by atoms with van der Waals surface area (Å²) in [6, 6.07) is 3.16. The molecule has 0 bridgehead atoms. The summed E-state index contributed by atoms with van der Waals surface area (Å²) in [5.41, 5.74) is -1.19. The van der Waals surface area contributed by atoms with E-state index < -0.39 is 26.8 Å². The fourth-order valence-electron chi connectivity index (χ4n) is 1.44. The van der Waals surface area contributed by atoms with Gasteiger partial charge in [0.2, 0.25) is 0 Å². The molecule has 0 saturated carbocycles. The second-order valence-corrected chi connectivity index (χ2v) is 4.77. The van der Waals surface area contributed by atoms with Crippen LogP contribution in [0.25, 0.3) is 0 Å². The van der Waals surface area contributed by atoms with Crippen molar-refractivity contribution in [2.24, 2.45) is 0 Å². The number of rotatable bonds is 3. The maximum Gasteiger partial charge on any atom is 0.417 e. The van der Waals surface area contributed by atoms with Crippen LogP contribution in [-0.2, 0) is 26.9 Å². The lowest BCUT2D eigenvalue weighted by molar-refractivity contribution is -0.140. The summed E-state index contributed by atoms with van der Waals surface area (Å²) >= 11 is 0. The molecule has 0 heterocycles. The van der Waals surface area contributed by atoms with Gasteiger partial charge in [0.05, 0.1) is 12.7 Å². The van der Waals surface area contributed by atoms with Crippen LogP contribution in [0.15, 0.2) is 23.1 Å². The zero-order valence-corrected chi connectivity index (χ0v) is 9.73. The minimum Gasteiger partial charge on any atom is -0.264 e. The Labute approximate surface area is 97.3 Å². The smallest absolute Gasteiger partial charge is 0.264 e. The number of hydrogen-bond donors (Lipinski definition) is 0. The van der Waals surface area contributed by atoms with E-state index in [9.17, 15) is 21.6 Å². The normalized spacial score (nSPS) is 12.8. The first-order valence-electron chi connectivity index (χ1n) is 4.61. The third-order valence-electron chi connectivity index (χ3n) is 2.19. The molecule has 95 valence electrons. The van der Waals surface area contributed by atoms with E-state index in [2.05, 4.69) is 11.3 Å². The van der Waals surface area contributed by atoms with Crippen molar-refractivity contribution in [3.63, 3.8) is 0 Å². The molecule has 0 saturated heterocycles. The molecule has 0 aliphatic rings. The van der Waals surface area contributed by atoms with Crippen molar-refractivity contribution in [3.8, 4) is 0 Å². The molecule has 0 amide bonds. The summed E-state index contributed by atoms with van der Waals surface area (Å²) in [5, 5.41) is 0. The van der Waals surface area contributed by atoms with E-state index in [1.165, 1.54) is 6.07 Å². The van der Waals surface area contributed by atoms with E-state index in [0.29, 0.717) is 6.07 Å². The van der Waals surface area contributed by atoms with Gasteiger partial charge in [-0.2, -0.15) is 21.6 Å². The van der Waals surface area contributed by atoms with Crippen LogP contribution in [-0.4, -0.2) is 8.42 Å². The largest absolute Gasteiger partial charge is 0.417 e. The first kappa shape index (κ1) is 14.0. The second kappa shape index (κ2) is 4.66. The Bertz CT molecular complexity index is 506. The molecule has 0 spiro atoms. The molecule has 3 nitrogen and oxygen atoms in total. The molecule has 0 aromatic heterocycles. The van der Waals surface area contributed by atoms with Crippen LogP contribution in [0, 0.1) is 7.11 Å². The molecule has 1 radical (unpaired) electrons. The molecule has 0 unspecified atom stereocenters. The van der Waals surface area contributed by atoms with Gasteiger partial charge in [0.25, 0.3) is 10.1 Å². The average molecular weight is 267 g/mol. The fraction of sp³-hybridized carbons (Fsp3) is 0.300. The first-order chi connectivity index (χ1) is 7.74. The van der Waals surface area contributed by atoms with Crippen LogP contribution in [0.2, 0.25) is 0 Å². The maximum absolute atomic E-state index is 12.7. The quantitative estimate of drug-likeness (QED) is 0.791. The van der Waals surface area contributed by atoms with Gasteiger partial charge in [-0.15, -0.1) is 0 Å². The molecule has 0 atom stereocenters. The Morgan fingerprint density at radius 2 is 1.94 bits per heavy atom. The minimum atomic E-state index is -4.76. The Morgan fingerprint density at radius 3 is 2.35 bits per heavy atom. The standard InChI is InChI=1S/C10H10F3O3S/c1-3-7-5-4-6-8(10(11,12)13)9(7)17(14,15)16-2/h4-6H,2-3H2,1H3. The van der Waals surface area contributed by atoms with Crippen molar-refractivity contribution in [1.29, 1.82) is 0 Å². The molecule has 1 rings (SSSR count). The predicted molar refractivity (Wildman–Crippen MR) is 54.4 cm³/mol. The molecule has 17 heavy (non-hydrogen) atoms. The van der Waals surface area contributed by atoms with Crippen molar-refractivity contribution in [1.82, 2.24) is 0 Å². The van der Waals surface area contributed by atoms with Gasteiger partial charge in [-0.3, -0.25) is 4.18 Å². The summed E-state index contributed by atoms with van der Waals surface area (Å²) in [5.74, 6) is 0. The number of halogens is 3. The SMILES string of the molecule is [CH2]OS(=O)(=O)c1c(CC)cccc1C(F)(F)F. The van der Waals surface area contributed by atoms with Crippen molar-refractivity contribution in [2.75, 3.05) is 0 Å². The number of hydrogen-bond acceptors (Lipinski definition) is 3. The third kappa shape index (κ3) is 2.78. The molecule has 1 aromatic rings. The summed E-state index contributed by atoms with van der Waals surface area (Å²) in [6.45, 7) is 1.55. The first-order valence-corrected chi connectivity index (χ1v) is 6.02. The number of alkyl halides is 3. The number of aryl methyl sites for hydroxylation is 1. The molecule has 0 N–H and O–H groups in total. The lowest BCUT2D eigenvalue weighted by atomic mass is 10.1. The van der Waals surface area contributed by atoms with Crippen molar-refractivity contribution >= 4 is 10.1 Å². The highest BCUT2D eigenvalue weighted by Crippen LogP contribution is 2.36. The van der Waals surface area contributed by atoms with Gasteiger partial charge in [0.1, 0.15) is 4.90 Å². The lowest BCUT2D eigenvalue weighted by Gasteiger charge is -2.15. The Balaban J connectivity index is 3.65. The lowest BCUT2D eigenvalue weighted by Crippen LogP contribution is -2.16. The van der Waals surface area contributed by atoms with Gasteiger partial charge in [-0.05, 0) is 18.1 Å². The van der Waals surface area contributed by atoms with Crippen LogP contribution in [0.3, 0.4) is 0 Å². The van der Waals surface area contributed by atoms with Crippen LogP contribution < -0.4 is 0 Å². The molecule has 1 aromatic carbocycles. The Hall–Kier alpha value is -1.08. The second-order valence-electron chi connectivity index (χ2n) is 3.22. The highest BCUT2D eigenvalue weighted by molar-refractivity contribution is 7.86. The topological polar surface area (TPSA) is 43.4 Å². The van der Waals surface area contributed by atoms with Crippen LogP contribution in [0.5, 0.6) is 0 Å². The van der Waals surface area contributed by atoms with Gasteiger partial charge < -0.3 is 0 Å². The summed E-state index contributed by atoms with van der Waals surface area (Å²) < 4.78 is 64.9. The van der Waals surface area contributed by atoms with Gasteiger partial charge in [0.15, 0.2) is 0 Å². The van der Waals surface area contributed by atoms with Gasteiger partial charge in [-0.1, -0.05) is 19.1 Å². The molecule has 0 aliphatic carbocycles. The molecule has 0 aliphatic heterocycles. The minimum absolute atomic E-state index is 0.0449. The fourth-order valence-corrected chi connectivity index (χ4v) is 2.55. The molecular weight excluding hydrogens is 257 g/mol. The maximum atomic E-state index is 12.7. The summed E-state index contributed by atoms with van der Waals surface area (Å²) in [6.07, 6.45) is -4.62. The predicted octanol–water partition coefficient (Wildman–Crippen LogP) is 2.76. The van der Waals surface area contributed by atoms with Crippen LogP contribution >= 0.6 is 0 Å².